The fourth-order valence-electron chi connectivity index (χ4n) is 3.29. The normalized spacial score (nSPS) is 10.8. The number of hydrogen-bond donors (Lipinski definition) is 1. The minimum absolute atomic E-state index is 0.256. The highest BCUT2D eigenvalue weighted by molar-refractivity contribution is 7.17. The average molecular weight is 437 g/mol. The summed E-state index contributed by atoms with van der Waals surface area (Å²) in [5.74, 6) is 0.648. The summed E-state index contributed by atoms with van der Waals surface area (Å²) in [4.78, 5) is 39.1. The van der Waals surface area contributed by atoms with Crippen LogP contribution < -0.4 is 26.0 Å². The van der Waals surface area contributed by atoms with Crippen LogP contribution in [0.25, 0.3) is 15.9 Å². The first kappa shape index (κ1) is 20.4. The molecule has 0 aliphatic carbocycles. The third kappa shape index (κ3) is 3.82. The average Bonchev–Trinajstić information content (AvgIpc) is 3.28. The Labute approximate surface area is 180 Å². The van der Waals surface area contributed by atoms with Crippen LogP contribution in [0.3, 0.4) is 0 Å². The van der Waals surface area contributed by atoms with E-state index in [4.69, 9.17) is 9.47 Å². The molecule has 0 bridgehead atoms. The predicted octanol–water partition coefficient (Wildman–Crippen LogP) is 2.87. The van der Waals surface area contributed by atoms with Crippen LogP contribution in [0.15, 0.2) is 69.6 Å². The van der Waals surface area contributed by atoms with E-state index in [9.17, 15) is 14.4 Å². The van der Waals surface area contributed by atoms with Gasteiger partial charge in [-0.25, -0.2) is 9.36 Å². The maximum absolute atomic E-state index is 13.3. The number of para-hydroxylation sites is 2. The third-order valence-corrected chi connectivity index (χ3v) is 5.65. The number of thiophene rings is 1. The maximum Gasteiger partial charge on any atom is 0.336 e. The van der Waals surface area contributed by atoms with Gasteiger partial charge in [0.1, 0.15) is 22.7 Å². The fourth-order valence-corrected chi connectivity index (χ4v) is 4.11. The molecule has 0 radical (unpaired) electrons. The molecule has 0 atom stereocenters. The maximum atomic E-state index is 13.3. The second-order valence-electron chi connectivity index (χ2n) is 6.59. The van der Waals surface area contributed by atoms with Gasteiger partial charge in [-0.15, -0.1) is 11.3 Å². The first-order valence-corrected chi connectivity index (χ1v) is 10.2. The Balaban J connectivity index is 1.77. The lowest BCUT2D eigenvalue weighted by Crippen LogP contribution is -2.40. The summed E-state index contributed by atoms with van der Waals surface area (Å²) in [6.07, 6.45) is 0. The summed E-state index contributed by atoms with van der Waals surface area (Å²) >= 11 is 1.21. The lowest BCUT2D eigenvalue weighted by atomic mass is 10.3. The van der Waals surface area contributed by atoms with Crippen LogP contribution in [0.5, 0.6) is 11.5 Å². The number of anilines is 1. The number of methoxy groups -OCH3 is 2. The fraction of sp³-hybridized carbons (Fsp3) is 0.136. The highest BCUT2D eigenvalue weighted by atomic mass is 32.1. The Kier molecular flexibility index (Phi) is 5.59. The molecule has 4 aromatic rings. The van der Waals surface area contributed by atoms with Crippen molar-refractivity contribution in [2.75, 3.05) is 19.5 Å². The minimum Gasteiger partial charge on any atom is -0.497 e. The SMILES string of the molecule is COc1ccc(NC(=O)Cn2c(=O)n(-c3ccccc3OC)c(=O)c3sccc32)cc1. The van der Waals surface area contributed by atoms with Crippen molar-refractivity contribution < 1.29 is 14.3 Å². The van der Waals surface area contributed by atoms with Gasteiger partial charge in [-0.2, -0.15) is 0 Å². The molecule has 1 amide bonds. The van der Waals surface area contributed by atoms with Crippen molar-refractivity contribution in [3.63, 3.8) is 0 Å². The molecule has 0 unspecified atom stereocenters. The third-order valence-electron chi connectivity index (χ3n) is 4.76. The smallest absolute Gasteiger partial charge is 0.336 e. The van der Waals surface area contributed by atoms with Gasteiger partial charge in [0, 0.05) is 5.69 Å². The molecule has 0 aliphatic rings. The van der Waals surface area contributed by atoms with E-state index in [1.807, 2.05) is 0 Å². The standard InChI is InChI=1S/C22H19N3O5S/c1-29-15-9-7-14(8-10-15)23-19(26)13-24-17-11-12-31-20(17)21(27)25(22(24)28)16-5-3-4-6-18(16)30-2/h3-12H,13H2,1-2H3,(H,23,26). The Bertz CT molecular complexity index is 1370. The lowest BCUT2D eigenvalue weighted by Gasteiger charge is -2.14. The first-order chi connectivity index (χ1) is 15.0. The van der Waals surface area contributed by atoms with E-state index in [0.29, 0.717) is 33.1 Å². The molecular formula is C22H19N3O5S. The van der Waals surface area contributed by atoms with Crippen molar-refractivity contribution in [1.82, 2.24) is 9.13 Å². The molecule has 0 fully saturated rings. The van der Waals surface area contributed by atoms with Gasteiger partial charge in [0.2, 0.25) is 5.91 Å². The van der Waals surface area contributed by atoms with Crippen LogP contribution in [0.4, 0.5) is 5.69 Å². The molecule has 9 heteroatoms. The molecule has 0 aliphatic heterocycles. The van der Waals surface area contributed by atoms with Crippen LogP contribution in [-0.4, -0.2) is 29.3 Å². The molecule has 0 spiro atoms. The Morgan fingerprint density at radius 2 is 1.74 bits per heavy atom. The minimum atomic E-state index is -0.620. The molecule has 4 rings (SSSR count). The number of fused-ring (bicyclic) bond motifs is 1. The summed E-state index contributed by atoms with van der Waals surface area (Å²) in [7, 11) is 3.02. The number of nitrogens with one attached hydrogen (secondary N) is 1. The van der Waals surface area contributed by atoms with Crippen LogP contribution >= 0.6 is 11.3 Å². The Morgan fingerprint density at radius 3 is 2.45 bits per heavy atom. The van der Waals surface area contributed by atoms with Gasteiger partial charge < -0.3 is 14.8 Å². The van der Waals surface area contributed by atoms with Crippen LogP contribution in [0.1, 0.15) is 0 Å². The van der Waals surface area contributed by atoms with Gasteiger partial charge in [-0.05, 0) is 47.8 Å². The van der Waals surface area contributed by atoms with Gasteiger partial charge in [0.15, 0.2) is 0 Å². The largest absolute Gasteiger partial charge is 0.497 e. The molecule has 0 saturated carbocycles. The lowest BCUT2D eigenvalue weighted by molar-refractivity contribution is -0.116. The molecule has 158 valence electrons. The summed E-state index contributed by atoms with van der Waals surface area (Å²) in [6.45, 7) is -0.256. The zero-order valence-corrected chi connectivity index (χ0v) is 17.6. The molecule has 2 heterocycles. The van der Waals surface area contributed by atoms with E-state index in [0.717, 1.165) is 4.57 Å². The van der Waals surface area contributed by atoms with E-state index in [1.165, 1.54) is 23.0 Å². The summed E-state index contributed by atoms with van der Waals surface area (Å²) < 4.78 is 13.1. The van der Waals surface area contributed by atoms with Crippen molar-refractivity contribution in [3.8, 4) is 17.2 Å². The molecule has 31 heavy (non-hydrogen) atoms. The summed E-state index contributed by atoms with van der Waals surface area (Å²) in [5, 5.41) is 4.48. The molecule has 2 aromatic carbocycles. The molecule has 1 N–H and O–H groups in total. The predicted molar refractivity (Wildman–Crippen MR) is 120 cm³/mol. The number of hydrogen-bond acceptors (Lipinski definition) is 6. The van der Waals surface area contributed by atoms with E-state index >= 15 is 0 Å². The zero-order chi connectivity index (χ0) is 22.0. The number of carbonyl (C=O) groups excluding carboxylic acids is 1. The van der Waals surface area contributed by atoms with Crippen molar-refractivity contribution in [2.24, 2.45) is 0 Å². The van der Waals surface area contributed by atoms with Gasteiger partial charge in [0.25, 0.3) is 5.56 Å². The van der Waals surface area contributed by atoms with E-state index in [2.05, 4.69) is 5.32 Å². The topological polar surface area (TPSA) is 91.6 Å². The second kappa shape index (κ2) is 8.49. The second-order valence-corrected chi connectivity index (χ2v) is 7.51. The Morgan fingerprint density at radius 1 is 1.00 bits per heavy atom. The summed E-state index contributed by atoms with van der Waals surface area (Å²) in [5.41, 5.74) is 0.227. The number of benzene rings is 2. The van der Waals surface area contributed by atoms with E-state index in [1.54, 1.807) is 67.1 Å². The molecule has 0 saturated heterocycles. The number of carbonyl (C=O) groups is 1. The summed E-state index contributed by atoms with van der Waals surface area (Å²) in [6, 6.07) is 15.3. The Hall–Kier alpha value is -3.85. The van der Waals surface area contributed by atoms with Gasteiger partial charge >= 0.3 is 5.69 Å². The monoisotopic (exact) mass is 437 g/mol. The number of nitrogens with zero attached hydrogens (tertiary/aromatic N) is 2. The van der Waals surface area contributed by atoms with Crippen molar-refractivity contribution >= 4 is 33.1 Å². The van der Waals surface area contributed by atoms with Crippen molar-refractivity contribution in [1.29, 1.82) is 0 Å². The quantitative estimate of drug-likeness (QED) is 0.501. The van der Waals surface area contributed by atoms with Crippen LogP contribution in [0, 0.1) is 0 Å². The highest BCUT2D eigenvalue weighted by Crippen LogP contribution is 2.22. The van der Waals surface area contributed by atoms with Gasteiger partial charge in [-0.1, -0.05) is 12.1 Å². The molecular weight excluding hydrogens is 418 g/mol. The molecule has 8 nitrogen and oxygen atoms in total. The van der Waals surface area contributed by atoms with Crippen molar-refractivity contribution in [2.45, 2.75) is 6.54 Å². The number of ether oxygens (including phenoxy) is 2. The first-order valence-electron chi connectivity index (χ1n) is 9.34. The van der Waals surface area contributed by atoms with E-state index in [-0.39, 0.29) is 6.54 Å². The van der Waals surface area contributed by atoms with E-state index < -0.39 is 17.2 Å². The van der Waals surface area contributed by atoms with Crippen LogP contribution in [0.2, 0.25) is 0 Å². The number of rotatable bonds is 6. The number of amides is 1. The van der Waals surface area contributed by atoms with Gasteiger partial charge in [0.05, 0.1) is 25.4 Å². The molecule has 2 aromatic heterocycles. The highest BCUT2D eigenvalue weighted by Gasteiger charge is 2.19. The van der Waals surface area contributed by atoms with Gasteiger partial charge in [-0.3, -0.25) is 14.2 Å². The zero-order valence-electron chi connectivity index (χ0n) is 16.8. The number of aromatic nitrogens is 2. The van der Waals surface area contributed by atoms with Crippen molar-refractivity contribution in [3.05, 3.63) is 80.8 Å². The van der Waals surface area contributed by atoms with Crippen LogP contribution in [-0.2, 0) is 11.3 Å².